The number of alkyl halides is 3. The van der Waals surface area contributed by atoms with E-state index >= 15 is 0 Å². The molecule has 4 aromatic rings. The van der Waals surface area contributed by atoms with Crippen LogP contribution in [-0.2, 0) is 17.8 Å². The smallest absolute Gasteiger partial charge is 0.369 e. The molecule has 180 valence electrons. The lowest BCUT2D eigenvalue weighted by Crippen LogP contribution is -2.28. The number of halogens is 3. The Labute approximate surface area is 199 Å². The molecular formula is C25H23F3N6O. The first-order valence-corrected chi connectivity index (χ1v) is 10.8. The van der Waals surface area contributed by atoms with Gasteiger partial charge in [0.1, 0.15) is 11.9 Å². The van der Waals surface area contributed by atoms with Crippen LogP contribution < -0.4 is 16.4 Å². The van der Waals surface area contributed by atoms with Gasteiger partial charge in [0.05, 0.1) is 18.3 Å². The summed E-state index contributed by atoms with van der Waals surface area (Å²) in [5, 5.41) is 5.26. The van der Waals surface area contributed by atoms with Gasteiger partial charge in [-0.1, -0.05) is 60.7 Å². The fourth-order valence-corrected chi connectivity index (χ4v) is 3.50. The molecule has 0 spiro atoms. The molecule has 0 fully saturated rings. The summed E-state index contributed by atoms with van der Waals surface area (Å²) >= 11 is 0. The summed E-state index contributed by atoms with van der Waals surface area (Å²) in [6.07, 6.45) is -1.40. The largest absolute Gasteiger partial charge is 0.412 e. The van der Waals surface area contributed by atoms with Gasteiger partial charge in [-0.25, -0.2) is 9.97 Å². The van der Waals surface area contributed by atoms with Gasteiger partial charge in [0.25, 0.3) is 0 Å². The van der Waals surface area contributed by atoms with Crippen molar-refractivity contribution in [1.29, 1.82) is 0 Å². The lowest BCUT2D eigenvalue weighted by molar-refractivity contribution is -0.144. The van der Waals surface area contributed by atoms with E-state index in [0.717, 1.165) is 16.8 Å². The number of nitrogen functional groups attached to an aromatic ring is 1. The first-order chi connectivity index (χ1) is 16.8. The van der Waals surface area contributed by atoms with Crippen molar-refractivity contribution in [3.05, 3.63) is 95.8 Å². The third-order valence-corrected chi connectivity index (χ3v) is 5.29. The number of aromatic nitrogens is 3. The topological polar surface area (TPSA) is 109 Å². The zero-order valence-electron chi connectivity index (χ0n) is 18.5. The summed E-state index contributed by atoms with van der Waals surface area (Å²) in [6, 6.07) is 16.3. The van der Waals surface area contributed by atoms with Gasteiger partial charge in [0.15, 0.2) is 5.95 Å². The van der Waals surface area contributed by atoms with Gasteiger partial charge < -0.3 is 21.4 Å². The van der Waals surface area contributed by atoms with E-state index in [9.17, 15) is 18.0 Å². The fraction of sp³-hybridized carbons (Fsp3) is 0.160. The molecule has 35 heavy (non-hydrogen) atoms. The van der Waals surface area contributed by atoms with Gasteiger partial charge in [0.2, 0.25) is 5.91 Å². The molecule has 2 heterocycles. The molecule has 1 amide bonds. The number of rotatable bonds is 8. The van der Waals surface area contributed by atoms with Crippen LogP contribution in [0.15, 0.2) is 79.1 Å². The predicted octanol–water partition coefficient (Wildman–Crippen LogP) is 4.63. The molecule has 0 saturated carbocycles. The number of imidazole rings is 1. The summed E-state index contributed by atoms with van der Waals surface area (Å²) in [5.74, 6) is 0.181. The zero-order chi connectivity index (χ0) is 24.8. The van der Waals surface area contributed by atoms with Gasteiger partial charge in [0, 0.05) is 12.7 Å². The second-order valence-electron chi connectivity index (χ2n) is 7.91. The number of pyridine rings is 1. The van der Waals surface area contributed by atoms with Gasteiger partial charge in [-0.2, -0.15) is 13.2 Å². The summed E-state index contributed by atoms with van der Waals surface area (Å²) in [5.41, 5.74) is 8.90. The Hall–Kier alpha value is -4.34. The van der Waals surface area contributed by atoms with E-state index in [1.807, 2.05) is 24.3 Å². The van der Waals surface area contributed by atoms with Crippen molar-refractivity contribution in [2.24, 2.45) is 0 Å². The molecule has 2 aromatic carbocycles. The van der Waals surface area contributed by atoms with E-state index in [4.69, 9.17) is 5.73 Å². The van der Waals surface area contributed by atoms with Crippen LogP contribution in [-0.4, -0.2) is 27.0 Å². The highest BCUT2D eigenvalue weighted by Crippen LogP contribution is 2.35. The molecule has 0 aliphatic carbocycles. The fourth-order valence-electron chi connectivity index (χ4n) is 3.50. The van der Waals surface area contributed by atoms with Crippen LogP contribution in [0.1, 0.15) is 22.7 Å². The average Bonchev–Trinajstić information content (AvgIpc) is 3.28. The van der Waals surface area contributed by atoms with Crippen LogP contribution in [0.4, 0.5) is 24.9 Å². The highest BCUT2D eigenvalue weighted by Gasteiger charge is 2.41. The highest BCUT2D eigenvalue weighted by molar-refractivity contribution is 5.78. The van der Waals surface area contributed by atoms with Crippen molar-refractivity contribution in [3.8, 4) is 11.3 Å². The van der Waals surface area contributed by atoms with Crippen molar-refractivity contribution >= 4 is 17.7 Å². The second-order valence-corrected chi connectivity index (χ2v) is 7.91. The average molecular weight is 480 g/mol. The minimum Gasteiger partial charge on any atom is -0.369 e. The first kappa shape index (κ1) is 23.8. The quantitative estimate of drug-likeness (QED) is 0.294. The lowest BCUT2D eigenvalue weighted by atomic mass is 10.1. The minimum absolute atomic E-state index is 0.0557. The third kappa shape index (κ3) is 6.38. The highest BCUT2D eigenvalue weighted by atomic mass is 19.4. The molecule has 0 aliphatic rings. The van der Waals surface area contributed by atoms with Gasteiger partial charge >= 0.3 is 6.18 Å². The Kier molecular flexibility index (Phi) is 7.00. The normalized spacial score (nSPS) is 12.2. The lowest BCUT2D eigenvalue weighted by Gasteiger charge is -2.22. The molecule has 2 aromatic heterocycles. The molecule has 4 rings (SSSR count). The second kappa shape index (κ2) is 10.3. The number of H-pyrrole nitrogens is 1. The summed E-state index contributed by atoms with van der Waals surface area (Å²) in [4.78, 5) is 23.3. The van der Waals surface area contributed by atoms with Crippen molar-refractivity contribution in [2.45, 2.75) is 25.2 Å². The molecule has 1 unspecified atom stereocenters. The van der Waals surface area contributed by atoms with Crippen molar-refractivity contribution in [1.82, 2.24) is 20.3 Å². The molecule has 0 radical (unpaired) electrons. The zero-order valence-corrected chi connectivity index (χ0v) is 18.5. The maximum Gasteiger partial charge on any atom is 0.412 e. The minimum atomic E-state index is -4.49. The summed E-state index contributed by atoms with van der Waals surface area (Å²) in [7, 11) is 0. The number of benzene rings is 2. The Morgan fingerprint density at radius 2 is 1.66 bits per heavy atom. The Morgan fingerprint density at radius 3 is 2.26 bits per heavy atom. The molecule has 5 N–H and O–H groups in total. The van der Waals surface area contributed by atoms with E-state index < -0.39 is 12.2 Å². The van der Waals surface area contributed by atoms with Gasteiger partial charge in [-0.15, -0.1) is 0 Å². The van der Waals surface area contributed by atoms with E-state index in [2.05, 4.69) is 25.6 Å². The number of amides is 1. The number of carbonyl (C=O) groups excluding carboxylic acids is 1. The van der Waals surface area contributed by atoms with Crippen molar-refractivity contribution < 1.29 is 18.0 Å². The molecule has 0 saturated heterocycles. The molecule has 0 aliphatic heterocycles. The van der Waals surface area contributed by atoms with Crippen LogP contribution in [0, 0.1) is 0 Å². The molecule has 1 atom stereocenters. The van der Waals surface area contributed by atoms with Crippen LogP contribution >= 0.6 is 0 Å². The number of nitrogens with two attached hydrogens (primary N) is 1. The Bertz CT molecular complexity index is 1260. The predicted molar refractivity (Wildman–Crippen MR) is 127 cm³/mol. The Balaban J connectivity index is 1.31. The van der Waals surface area contributed by atoms with Crippen LogP contribution in [0.5, 0.6) is 0 Å². The number of nitrogens with zero attached hydrogens (tertiary/aromatic N) is 2. The maximum atomic E-state index is 13.5. The monoisotopic (exact) mass is 480 g/mol. The number of aromatic amines is 1. The summed E-state index contributed by atoms with van der Waals surface area (Å²) < 4.78 is 40.6. The van der Waals surface area contributed by atoms with Crippen LogP contribution in [0.2, 0.25) is 0 Å². The molecular weight excluding hydrogens is 457 g/mol. The molecule has 7 nitrogen and oxygen atoms in total. The Morgan fingerprint density at radius 1 is 0.943 bits per heavy atom. The standard InChI is InChI=1S/C25H23F3N6O/c26-25(27,28)23(19-4-2-1-3-5-19)34-21-11-8-17(14-30-21)12-22(35)31-13-16-6-9-18(10-7-16)20-15-32-24(29)33-20/h1-11,14-15,23H,12-13H2,(H,30,34)(H,31,35)(H3,29,32,33). The van der Waals surface area contributed by atoms with Crippen molar-refractivity contribution in [3.63, 3.8) is 0 Å². The number of anilines is 2. The van der Waals surface area contributed by atoms with Gasteiger partial charge in [-0.05, 0) is 28.3 Å². The molecule has 0 bridgehead atoms. The van der Waals surface area contributed by atoms with Crippen LogP contribution in [0.25, 0.3) is 11.3 Å². The SMILES string of the molecule is Nc1ncc(-c2ccc(CNC(=O)Cc3ccc(NC(c4ccccc4)C(F)(F)F)nc3)cc2)[nH]1. The number of carbonyl (C=O) groups is 1. The first-order valence-electron chi connectivity index (χ1n) is 10.8. The summed E-state index contributed by atoms with van der Waals surface area (Å²) in [6.45, 7) is 0.335. The van der Waals surface area contributed by atoms with E-state index in [-0.39, 0.29) is 23.7 Å². The van der Waals surface area contributed by atoms with E-state index in [0.29, 0.717) is 18.1 Å². The number of hydrogen-bond acceptors (Lipinski definition) is 5. The maximum absolute atomic E-state index is 13.5. The third-order valence-electron chi connectivity index (χ3n) is 5.29. The number of nitrogens with one attached hydrogen (secondary N) is 3. The molecule has 10 heteroatoms. The van der Waals surface area contributed by atoms with E-state index in [1.54, 1.807) is 30.5 Å². The van der Waals surface area contributed by atoms with E-state index in [1.165, 1.54) is 24.4 Å². The number of hydrogen-bond donors (Lipinski definition) is 4. The van der Waals surface area contributed by atoms with Gasteiger partial charge in [-0.3, -0.25) is 4.79 Å². The van der Waals surface area contributed by atoms with Crippen LogP contribution in [0.3, 0.4) is 0 Å². The van der Waals surface area contributed by atoms with Crippen molar-refractivity contribution in [2.75, 3.05) is 11.1 Å².